The number of hydrogen-bond donors (Lipinski definition) is 0. The number of thiazole rings is 1. The first kappa shape index (κ1) is 18.2. The molecule has 7 heteroatoms. The number of aromatic nitrogens is 2. The van der Waals surface area contributed by atoms with E-state index in [9.17, 15) is 13.6 Å². The zero-order valence-corrected chi connectivity index (χ0v) is 15.7. The average Bonchev–Trinajstić information content (AvgIpc) is 3.11. The molecule has 0 aliphatic heterocycles. The lowest BCUT2D eigenvalue weighted by Crippen LogP contribution is -2.30. The molecule has 2 aromatic heterocycles. The Morgan fingerprint density at radius 3 is 2.68 bits per heavy atom. The Labute approximate surface area is 164 Å². The molecule has 0 radical (unpaired) electrons. The van der Waals surface area contributed by atoms with Crippen LogP contribution in [-0.4, -0.2) is 15.9 Å². The van der Waals surface area contributed by atoms with Crippen LogP contribution in [0.4, 0.5) is 13.9 Å². The Bertz CT molecular complexity index is 1160. The fourth-order valence-electron chi connectivity index (χ4n) is 2.80. The highest BCUT2D eigenvalue weighted by Crippen LogP contribution is 2.31. The second kappa shape index (κ2) is 7.44. The molecule has 2 aromatic carbocycles. The van der Waals surface area contributed by atoms with E-state index in [2.05, 4.69) is 9.97 Å². The van der Waals surface area contributed by atoms with Crippen LogP contribution in [0.15, 0.2) is 60.8 Å². The molecule has 0 aliphatic carbocycles. The largest absolute Gasteiger partial charge is 0.278 e. The second-order valence-electron chi connectivity index (χ2n) is 6.31. The SMILES string of the molecule is Cc1ccc2nc(N(Cc3ccccn3)C(=O)c3ccc(F)c(F)c3)sc2c1. The summed E-state index contributed by atoms with van der Waals surface area (Å²) in [4.78, 5) is 23.4. The Balaban J connectivity index is 1.78. The number of aryl methyl sites for hydroxylation is 1. The number of rotatable bonds is 4. The molecule has 4 aromatic rings. The third-order valence-corrected chi connectivity index (χ3v) is 5.26. The van der Waals surface area contributed by atoms with Crippen molar-refractivity contribution in [3.8, 4) is 0 Å². The predicted octanol–water partition coefficient (Wildman–Crippen LogP) is 5.12. The lowest BCUT2D eigenvalue weighted by Gasteiger charge is -2.19. The maximum atomic E-state index is 13.7. The molecule has 0 aliphatic rings. The molecule has 0 spiro atoms. The van der Waals surface area contributed by atoms with Crippen molar-refractivity contribution in [2.45, 2.75) is 13.5 Å². The fourth-order valence-corrected chi connectivity index (χ4v) is 3.86. The maximum absolute atomic E-state index is 13.7. The number of anilines is 1. The van der Waals surface area contributed by atoms with Crippen LogP contribution < -0.4 is 4.90 Å². The van der Waals surface area contributed by atoms with E-state index < -0.39 is 17.5 Å². The van der Waals surface area contributed by atoms with Crippen LogP contribution in [-0.2, 0) is 6.54 Å². The highest BCUT2D eigenvalue weighted by molar-refractivity contribution is 7.22. The van der Waals surface area contributed by atoms with E-state index >= 15 is 0 Å². The van der Waals surface area contributed by atoms with Gasteiger partial charge in [-0.3, -0.25) is 14.7 Å². The molecule has 2 heterocycles. The van der Waals surface area contributed by atoms with Crippen molar-refractivity contribution in [1.82, 2.24) is 9.97 Å². The van der Waals surface area contributed by atoms with Crippen LogP contribution >= 0.6 is 11.3 Å². The first-order valence-electron chi connectivity index (χ1n) is 8.55. The number of carbonyl (C=O) groups excluding carboxylic acids is 1. The Hall–Kier alpha value is -3.19. The molecule has 0 N–H and O–H groups in total. The molecule has 0 fully saturated rings. The van der Waals surface area contributed by atoms with Crippen molar-refractivity contribution >= 4 is 32.6 Å². The van der Waals surface area contributed by atoms with Gasteiger partial charge in [0.05, 0.1) is 22.5 Å². The van der Waals surface area contributed by atoms with E-state index in [0.717, 1.165) is 27.9 Å². The van der Waals surface area contributed by atoms with Gasteiger partial charge in [-0.25, -0.2) is 13.8 Å². The number of pyridine rings is 1. The standard InChI is InChI=1S/C21H15F2N3OS/c1-13-5-8-18-19(10-13)28-21(25-18)26(12-15-4-2-3-9-24-15)20(27)14-6-7-16(22)17(23)11-14/h2-11H,12H2,1H3. The van der Waals surface area contributed by atoms with Gasteiger partial charge in [-0.1, -0.05) is 23.5 Å². The summed E-state index contributed by atoms with van der Waals surface area (Å²) < 4.78 is 27.9. The van der Waals surface area contributed by atoms with Crippen LogP contribution in [0, 0.1) is 18.6 Å². The molecular formula is C21H15F2N3OS. The van der Waals surface area contributed by atoms with E-state index in [1.54, 1.807) is 18.3 Å². The summed E-state index contributed by atoms with van der Waals surface area (Å²) in [6, 6.07) is 14.4. The smallest absolute Gasteiger partial charge is 0.260 e. The summed E-state index contributed by atoms with van der Waals surface area (Å²) in [5.74, 6) is -2.54. The Kier molecular flexibility index (Phi) is 4.83. The predicted molar refractivity (Wildman–Crippen MR) is 105 cm³/mol. The normalized spacial score (nSPS) is 11.0. The van der Waals surface area contributed by atoms with E-state index in [0.29, 0.717) is 10.8 Å². The molecule has 4 rings (SSSR count). The molecule has 0 unspecified atom stereocenters. The molecule has 0 atom stereocenters. The molecule has 140 valence electrons. The number of amides is 1. The van der Waals surface area contributed by atoms with Gasteiger partial charge in [-0.15, -0.1) is 0 Å². The van der Waals surface area contributed by atoms with E-state index in [4.69, 9.17) is 0 Å². The number of nitrogens with zero attached hydrogens (tertiary/aromatic N) is 3. The molecular weight excluding hydrogens is 380 g/mol. The van der Waals surface area contributed by atoms with Crippen molar-refractivity contribution in [3.63, 3.8) is 0 Å². The second-order valence-corrected chi connectivity index (χ2v) is 7.32. The minimum atomic E-state index is -1.07. The minimum absolute atomic E-state index is 0.0465. The van der Waals surface area contributed by atoms with Gasteiger partial charge >= 0.3 is 0 Å². The zero-order valence-electron chi connectivity index (χ0n) is 14.9. The monoisotopic (exact) mass is 395 g/mol. The van der Waals surface area contributed by atoms with Crippen molar-refractivity contribution in [3.05, 3.63) is 89.2 Å². The van der Waals surface area contributed by atoms with Crippen LogP contribution in [0.1, 0.15) is 21.6 Å². The van der Waals surface area contributed by atoms with Gasteiger partial charge in [0.1, 0.15) is 0 Å². The summed E-state index contributed by atoms with van der Waals surface area (Å²) in [6.45, 7) is 2.15. The fraction of sp³-hybridized carbons (Fsp3) is 0.0952. The van der Waals surface area contributed by atoms with Crippen LogP contribution in [0.2, 0.25) is 0 Å². The maximum Gasteiger partial charge on any atom is 0.260 e. The number of carbonyl (C=O) groups is 1. The minimum Gasteiger partial charge on any atom is -0.278 e. The van der Waals surface area contributed by atoms with Gasteiger partial charge in [0.2, 0.25) is 0 Å². The highest BCUT2D eigenvalue weighted by atomic mass is 32.1. The van der Waals surface area contributed by atoms with Crippen molar-refractivity contribution in [1.29, 1.82) is 0 Å². The van der Waals surface area contributed by atoms with Crippen molar-refractivity contribution < 1.29 is 13.6 Å². The lowest BCUT2D eigenvalue weighted by atomic mass is 10.2. The van der Waals surface area contributed by atoms with Crippen LogP contribution in [0.3, 0.4) is 0 Å². The third kappa shape index (κ3) is 3.61. The summed E-state index contributed by atoms with van der Waals surface area (Å²) in [6.07, 6.45) is 1.64. The van der Waals surface area contributed by atoms with E-state index in [1.807, 2.05) is 31.2 Å². The highest BCUT2D eigenvalue weighted by Gasteiger charge is 2.23. The topological polar surface area (TPSA) is 46.1 Å². The molecule has 0 bridgehead atoms. The Morgan fingerprint density at radius 1 is 1.07 bits per heavy atom. The van der Waals surface area contributed by atoms with E-state index in [1.165, 1.54) is 22.3 Å². The van der Waals surface area contributed by atoms with Gasteiger partial charge in [0, 0.05) is 11.8 Å². The van der Waals surface area contributed by atoms with Crippen LogP contribution in [0.25, 0.3) is 10.2 Å². The molecule has 1 amide bonds. The van der Waals surface area contributed by atoms with Gasteiger partial charge < -0.3 is 0 Å². The number of benzene rings is 2. The van der Waals surface area contributed by atoms with Gasteiger partial charge in [-0.05, 0) is 55.0 Å². The summed E-state index contributed by atoms with van der Waals surface area (Å²) in [5.41, 5.74) is 2.57. The molecule has 0 saturated heterocycles. The van der Waals surface area contributed by atoms with Crippen molar-refractivity contribution in [2.24, 2.45) is 0 Å². The van der Waals surface area contributed by atoms with E-state index in [-0.39, 0.29) is 12.1 Å². The van der Waals surface area contributed by atoms with Crippen LogP contribution in [0.5, 0.6) is 0 Å². The van der Waals surface area contributed by atoms with Gasteiger partial charge in [-0.2, -0.15) is 0 Å². The quantitative estimate of drug-likeness (QED) is 0.482. The molecule has 4 nitrogen and oxygen atoms in total. The Morgan fingerprint density at radius 2 is 1.93 bits per heavy atom. The first-order valence-corrected chi connectivity index (χ1v) is 9.37. The first-order chi connectivity index (χ1) is 13.5. The summed E-state index contributed by atoms with van der Waals surface area (Å²) in [7, 11) is 0. The zero-order chi connectivity index (χ0) is 19.7. The number of fused-ring (bicyclic) bond motifs is 1. The molecule has 0 saturated carbocycles. The average molecular weight is 395 g/mol. The number of halogens is 2. The lowest BCUT2D eigenvalue weighted by molar-refractivity contribution is 0.0984. The van der Waals surface area contributed by atoms with Gasteiger partial charge in [0.25, 0.3) is 5.91 Å². The summed E-state index contributed by atoms with van der Waals surface area (Å²) in [5, 5.41) is 0.473. The van der Waals surface area contributed by atoms with Gasteiger partial charge in [0.15, 0.2) is 16.8 Å². The molecule has 28 heavy (non-hydrogen) atoms. The van der Waals surface area contributed by atoms with Crippen molar-refractivity contribution in [2.75, 3.05) is 4.90 Å². The summed E-state index contributed by atoms with van der Waals surface area (Å²) >= 11 is 1.37. The third-order valence-electron chi connectivity index (χ3n) is 4.22. The number of hydrogen-bond acceptors (Lipinski definition) is 4.